The Hall–Kier alpha value is -3.49. The van der Waals surface area contributed by atoms with Crippen LogP contribution in [0.1, 0.15) is 65.6 Å². The number of rotatable bonds is 6. The second-order valence-corrected chi connectivity index (χ2v) is 9.40. The molecule has 2 fully saturated rings. The van der Waals surface area contributed by atoms with Crippen molar-refractivity contribution in [3.05, 3.63) is 57.9 Å². The minimum Gasteiger partial charge on any atom is -0.350 e. The van der Waals surface area contributed by atoms with Crippen LogP contribution in [0.2, 0.25) is 0 Å². The summed E-state index contributed by atoms with van der Waals surface area (Å²) in [6, 6.07) is 5.15. The average Bonchev–Trinajstić information content (AvgIpc) is 3.36. The summed E-state index contributed by atoms with van der Waals surface area (Å²) in [6.45, 7) is 5.15. The van der Waals surface area contributed by atoms with Crippen LogP contribution in [0, 0.1) is 11.8 Å². The Balaban J connectivity index is 1.32. The molecule has 1 saturated heterocycles. The smallest absolute Gasteiger partial charge is 0.274 e. The van der Waals surface area contributed by atoms with Crippen LogP contribution in [0.5, 0.6) is 0 Å². The zero-order valence-electron chi connectivity index (χ0n) is 18.8. The molecule has 0 bridgehead atoms. The van der Waals surface area contributed by atoms with Crippen molar-refractivity contribution in [2.45, 2.75) is 45.1 Å². The van der Waals surface area contributed by atoms with Crippen LogP contribution in [0.15, 0.2) is 35.4 Å². The van der Waals surface area contributed by atoms with E-state index in [1.54, 1.807) is 12.1 Å². The molecule has 9 nitrogen and oxygen atoms in total. The molecule has 3 aromatic rings. The van der Waals surface area contributed by atoms with Gasteiger partial charge in [0.2, 0.25) is 0 Å². The number of amides is 2. The molecule has 1 aliphatic carbocycles. The van der Waals surface area contributed by atoms with Crippen molar-refractivity contribution in [3.8, 4) is 0 Å². The fourth-order valence-electron chi connectivity index (χ4n) is 4.85. The number of pyridine rings is 2. The van der Waals surface area contributed by atoms with E-state index in [0.717, 1.165) is 12.1 Å². The molecule has 4 heterocycles. The quantitative estimate of drug-likeness (QED) is 0.534. The van der Waals surface area contributed by atoms with Crippen molar-refractivity contribution in [3.63, 3.8) is 0 Å². The molecular weight excluding hydrogens is 420 g/mol. The molecule has 5 rings (SSSR count). The third-order valence-electron chi connectivity index (χ3n) is 6.87. The van der Waals surface area contributed by atoms with E-state index in [-0.39, 0.29) is 29.3 Å². The van der Waals surface area contributed by atoms with Crippen LogP contribution in [-0.4, -0.2) is 56.0 Å². The molecular formula is C24H28N6O3. The summed E-state index contributed by atoms with van der Waals surface area (Å²) in [6.07, 6.45) is 6.26. The van der Waals surface area contributed by atoms with Crippen molar-refractivity contribution >= 4 is 22.7 Å². The largest absolute Gasteiger partial charge is 0.350 e. The summed E-state index contributed by atoms with van der Waals surface area (Å²) >= 11 is 0. The molecule has 172 valence electrons. The number of carbonyl (C=O) groups is 2. The first-order valence-electron chi connectivity index (χ1n) is 11.5. The van der Waals surface area contributed by atoms with Gasteiger partial charge in [-0.25, -0.2) is 4.98 Å². The number of likely N-dealkylation sites (tertiary alicyclic amines) is 1. The van der Waals surface area contributed by atoms with Crippen molar-refractivity contribution in [2.24, 2.45) is 11.8 Å². The van der Waals surface area contributed by atoms with Gasteiger partial charge in [0, 0.05) is 36.6 Å². The van der Waals surface area contributed by atoms with Gasteiger partial charge in [-0.1, -0.05) is 13.8 Å². The Morgan fingerprint density at radius 3 is 2.79 bits per heavy atom. The molecule has 0 radical (unpaired) electrons. The Kier molecular flexibility index (Phi) is 5.47. The lowest BCUT2D eigenvalue weighted by atomic mass is 9.94. The van der Waals surface area contributed by atoms with Gasteiger partial charge in [0.05, 0.1) is 11.6 Å². The van der Waals surface area contributed by atoms with Gasteiger partial charge in [0.1, 0.15) is 11.2 Å². The molecule has 0 aromatic carbocycles. The minimum absolute atomic E-state index is 0.0654. The van der Waals surface area contributed by atoms with Crippen LogP contribution in [0.25, 0.3) is 10.9 Å². The Morgan fingerprint density at radius 2 is 2.06 bits per heavy atom. The van der Waals surface area contributed by atoms with Gasteiger partial charge in [0.15, 0.2) is 0 Å². The van der Waals surface area contributed by atoms with E-state index in [1.807, 2.05) is 11.0 Å². The van der Waals surface area contributed by atoms with Gasteiger partial charge in [-0.15, -0.1) is 0 Å². The van der Waals surface area contributed by atoms with E-state index < -0.39 is 0 Å². The zero-order valence-corrected chi connectivity index (χ0v) is 18.8. The molecule has 33 heavy (non-hydrogen) atoms. The van der Waals surface area contributed by atoms with Gasteiger partial charge >= 0.3 is 0 Å². The fourth-order valence-corrected chi connectivity index (χ4v) is 4.85. The average molecular weight is 449 g/mol. The van der Waals surface area contributed by atoms with Gasteiger partial charge in [-0.05, 0) is 55.2 Å². The van der Waals surface area contributed by atoms with E-state index in [0.29, 0.717) is 47.1 Å². The standard InChI is InChI=1S/C24H28N6O3/c1-13(2)18-10-19(29-28-18)24(33)30-8-6-17(14-3-4-14)20(30)12-27-22(31)16-9-15-5-7-25-23(32)21(15)26-11-16/h5,7,9-11,13-14,17,20H,3-4,6,8,12H2,1-2H3,(H,25,32)(H,27,31)(H,28,29). The second-order valence-electron chi connectivity index (χ2n) is 9.40. The van der Waals surface area contributed by atoms with Crippen LogP contribution in [0.4, 0.5) is 0 Å². The molecule has 3 aromatic heterocycles. The van der Waals surface area contributed by atoms with Crippen LogP contribution in [0.3, 0.4) is 0 Å². The highest BCUT2D eigenvalue weighted by Crippen LogP contribution is 2.44. The van der Waals surface area contributed by atoms with E-state index in [1.165, 1.54) is 25.2 Å². The van der Waals surface area contributed by atoms with Gasteiger partial charge < -0.3 is 15.2 Å². The number of aromatic nitrogens is 4. The summed E-state index contributed by atoms with van der Waals surface area (Å²) in [5.41, 5.74) is 1.76. The second kappa shape index (κ2) is 8.46. The molecule has 2 atom stereocenters. The van der Waals surface area contributed by atoms with Crippen molar-refractivity contribution in [1.82, 2.24) is 30.4 Å². The highest BCUT2D eigenvalue weighted by Gasteiger charge is 2.45. The molecule has 3 N–H and O–H groups in total. The number of hydrogen-bond donors (Lipinski definition) is 3. The van der Waals surface area contributed by atoms with Gasteiger partial charge in [-0.2, -0.15) is 5.10 Å². The summed E-state index contributed by atoms with van der Waals surface area (Å²) < 4.78 is 0. The number of fused-ring (bicyclic) bond motifs is 1. The molecule has 2 aliphatic rings. The molecule has 1 aliphatic heterocycles. The Bertz CT molecular complexity index is 1260. The SMILES string of the molecule is CC(C)c1cc(C(=O)N2CCC(C3CC3)C2CNC(=O)c2cnc3c(=O)[nH]ccc3c2)n[nH]1. The first-order valence-corrected chi connectivity index (χ1v) is 11.5. The van der Waals surface area contributed by atoms with Crippen molar-refractivity contribution < 1.29 is 9.59 Å². The molecule has 2 amide bonds. The monoisotopic (exact) mass is 448 g/mol. The predicted octanol–water partition coefficient (Wildman–Crippen LogP) is 2.44. The number of H-pyrrole nitrogens is 2. The summed E-state index contributed by atoms with van der Waals surface area (Å²) in [5.74, 6) is 0.904. The molecule has 1 saturated carbocycles. The molecule has 2 unspecified atom stereocenters. The highest BCUT2D eigenvalue weighted by molar-refractivity contribution is 5.97. The Morgan fingerprint density at radius 1 is 1.24 bits per heavy atom. The zero-order chi connectivity index (χ0) is 23.1. The lowest BCUT2D eigenvalue weighted by Crippen LogP contribution is -2.46. The Labute approximate surface area is 191 Å². The molecule has 0 spiro atoms. The van der Waals surface area contributed by atoms with E-state index in [9.17, 15) is 14.4 Å². The lowest BCUT2D eigenvalue weighted by Gasteiger charge is -2.28. The fraction of sp³-hybridized carbons (Fsp3) is 0.458. The molecule has 9 heteroatoms. The maximum absolute atomic E-state index is 13.3. The van der Waals surface area contributed by atoms with E-state index >= 15 is 0 Å². The maximum Gasteiger partial charge on any atom is 0.274 e. The normalized spacial score (nSPS) is 20.5. The maximum atomic E-state index is 13.3. The number of carbonyl (C=O) groups excluding carboxylic acids is 2. The minimum atomic E-state index is -0.286. The highest BCUT2D eigenvalue weighted by atomic mass is 16.2. The summed E-state index contributed by atoms with van der Waals surface area (Å²) in [5, 5.41) is 10.8. The number of nitrogens with one attached hydrogen (secondary N) is 3. The topological polar surface area (TPSA) is 124 Å². The first kappa shape index (κ1) is 21.4. The van der Waals surface area contributed by atoms with E-state index in [4.69, 9.17) is 0 Å². The number of hydrogen-bond acceptors (Lipinski definition) is 5. The van der Waals surface area contributed by atoms with Crippen LogP contribution in [-0.2, 0) is 0 Å². The lowest BCUT2D eigenvalue weighted by molar-refractivity contribution is 0.0695. The summed E-state index contributed by atoms with van der Waals surface area (Å²) in [4.78, 5) is 46.6. The predicted molar refractivity (Wildman–Crippen MR) is 123 cm³/mol. The van der Waals surface area contributed by atoms with Crippen molar-refractivity contribution in [1.29, 1.82) is 0 Å². The van der Waals surface area contributed by atoms with E-state index in [2.05, 4.69) is 39.3 Å². The summed E-state index contributed by atoms with van der Waals surface area (Å²) in [7, 11) is 0. The van der Waals surface area contributed by atoms with Gasteiger partial charge in [0.25, 0.3) is 17.4 Å². The third-order valence-corrected chi connectivity index (χ3v) is 6.87. The van der Waals surface area contributed by atoms with Crippen LogP contribution >= 0.6 is 0 Å². The first-order chi connectivity index (χ1) is 15.9. The van der Waals surface area contributed by atoms with Crippen molar-refractivity contribution in [2.75, 3.05) is 13.1 Å². The number of aromatic amines is 2. The third kappa shape index (κ3) is 4.15. The van der Waals surface area contributed by atoms with Gasteiger partial charge in [-0.3, -0.25) is 19.5 Å². The van der Waals surface area contributed by atoms with Crippen LogP contribution < -0.4 is 10.9 Å². The number of nitrogens with zero attached hydrogens (tertiary/aromatic N) is 3.